The van der Waals surface area contributed by atoms with Gasteiger partial charge in [-0.1, -0.05) is 0 Å². The van der Waals surface area contributed by atoms with E-state index >= 15 is 0 Å². The van der Waals surface area contributed by atoms with Crippen LogP contribution in [0, 0.1) is 5.92 Å². The molecule has 2 unspecified atom stereocenters. The number of nitrogens with zero attached hydrogens (tertiary/aromatic N) is 2. The van der Waals surface area contributed by atoms with Gasteiger partial charge in [0.25, 0.3) is 0 Å². The summed E-state index contributed by atoms with van der Waals surface area (Å²) < 4.78 is 1.89. The largest absolute Gasteiger partial charge is 0.393 e. The lowest BCUT2D eigenvalue weighted by molar-refractivity contribution is 0.177. The second kappa shape index (κ2) is 4.77. The van der Waals surface area contributed by atoms with E-state index in [0.29, 0.717) is 5.92 Å². The van der Waals surface area contributed by atoms with Crippen molar-refractivity contribution < 1.29 is 5.11 Å². The quantitative estimate of drug-likeness (QED) is 0.766. The molecule has 1 aliphatic carbocycles. The zero-order valence-corrected chi connectivity index (χ0v) is 9.19. The van der Waals surface area contributed by atoms with Crippen molar-refractivity contribution >= 4 is 0 Å². The number of aryl methyl sites for hydroxylation is 1. The molecule has 1 aromatic rings. The fraction of sp³-hybridized carbons (Fsp3) is 0.727. The second-order valence-corrected chi connectivity index (χ2v) is 4.41. The van der Waals surface area contributed by atoms with Crippen LogP contribution >= 0.6 is 0 Å². The highest BCUT2D eigenvalue weighted by molar-refractivity contribution is 4.99. The molecular formula is C11H19N3O. The minimum absolute atomic E-state index is 0.0616. The van der Waals surface area contributed by atoms with E-state index < -0.39 is 0 Å². The highest BCUT2D eigenvalue weighted by Crippen LogP contribution is 2.24. The maximum Gasteiger partial charge on any atom is 0.0543 e. The SMILES string of the molecule is Cn1nccc1CNCC1CCC(O)C1. The second-order valence-electron chi connectivity index (χ2n) is 4.41. The molecule has 0 amide bonds. The number of rotatable bonds is 4. The number of aromatic nitrogens is 2. The lowest BCUT2D eigenvalue weighted by Gasteiger charge is -2.10. The van der Waals surface area contributed by atoms with Crippen LogP contribution in [0.2, 0.25) is 0 Å². The van der Waals surface area contributed by atoms with Crippen LogP contribution in [-0.2, 0) is 13.6 Å². The topological polar surface area (TPSA) is 50.1 Å². The fourth-order valence-electron chi connectivity index (χ4n) is 2.21. The van der Waals surface area contributed by atoms with E-state index in [4.69, 9.17) is 0 Å². The molecule has 4 nitrogen and oxygen atoms in total. The van der Waals surface area contributed by atoms with E-state index in [1.807, 2.05) is 24.0 Å². The summed E-state index contributed by atoms with van der Waals surface area (Å²) in [6.07, 6.45) is 4.83. The molecule has 15 heavy (non-hydrogen) atoms. The minimum atomic E-state index is -0.0616. The highest BCUT2D eigenvalue weighted by Gasteiger charge is 2.21. The van der Waals surface area contributed by atoms with Gasteiger partial charge in [0.15, 0.2) is 0 Å². The van der Waals surface area contributed by atoms with E-state index in [-0.39, 0.29) is 6.10 Å². The minimum Gasteiger partial charge on any atom is -0.393 e. The van der Waals surface area contributed by atoms with Gasteiger partial charge < -0.3 is 10.4 Å². The van der Waals surface area contributed by atoms with Gasteiger partial charge in [-0.05, 0) is 37.8 Å². The number of hydrogen-bond acceptors (Lipinski definition) is 3. The third kappa shape index (κ3) is 2.79. The van der Waals surface area contributed by atoms with Gasteiger partial charge in [-0.2, -0.15) is 5.10 Å². The van der Waals surface area contributed by atoms with Crippen LogP contribution in [0.3, 0.4) is 0 Å². The lowest BCUT2D eigenvalue weighted by atomic mass is 10.1. The Balaban J connectivity index is 1.69. The van der Waals surface area contributed by atoms with Crippen molar-refractivity contribution in [1.82, 2.24) is 15.1 Å². The highest BCUT2D eigenvalue weighted by atomic mass is 16.3. The smallest absolute Gasteiger partial charge is 0.0543 e. The molecule has 0 aromatic carbocycles. The van der Waals surface area contributed by atoms with Gasteiger partial charge in [-0.25, -0.2) is 0 Å². The number of nitrogens with one attached hydrogen (secondary N) is 1. The number of aliphatic hydroxyl groups excluding tert-OH is 1. The zero-order valence-electron chi connectivity index (χ0n) is 9.19. The van der Waals surface area contributed by atoms with Crippen LogP contribution in [0.4, 0.5) is 0 Å². The van der Waals surface area contributed by atoms with Gasteiger partial charge >= 0.3 is 0 Å². The summed E-state index contributed by atoms with van der Waals surface area (Å²) in [4.78, 5) is 0. The Bertz CT molecular complexity index is 311. The lowest BCUT2D eigenvalue weighted by Crippen LogP contribution is -2.22. The first kappa shape index (κ1) is 10.6. The molecule has 2 N–H and O–H groups in total. The molecular weight excluding hydrogens is 190 g/mol. The summed E-state index contributed by atoms with van der Waals surface area (Å²) in [5, 5.41) is 16.9. The molecule has 84 valence electrons. The summed E-state index contributed by atoms with van der Waals surface area (Å²) in [6.45, 7) is 1.87. The third-order valence-electron chi connectivity index (χ3n) is 3.18. The molecule has 1 saturated carbocycles. The summed E-state index contributed by atoms with van der Waals surface area (Å²) in [6, 6.07) is 2.02. The summed E-state index contributed by atoms with van der Waals surface area (Å²) in [5.74, 6) is 0.647. The fourth-order valence-corrected chi connectivity index (χ4v) is 2.21. The first-order valence-corrected chi connectivity index (χ1v) is 5.61. The van der Waals surface area contributed by atoms with Crippen LogP contribution in [-0.4, -0.2) is 27.5 Å². The Morgan fingerprint density at radius 3 is 3.07 bits per heavy atom. The van der Waals surface area contributed by atoms with Gasteiger partial charge in [0.2, 0.25) is 0 Å². The Morgan fingerprint density at radius 1 is 1.60 bits per heavy atom. The molecule has 1 aliphatic rings. The van der Waals surface area contributed by atoms with Gasteiger partial charge in [-0.15, -0.1) is 0 Å². The molecule has 1 aromatic heterocycles. The molecule has 4 heteroatoms. The van der Waals surface area contributed by atoms with E-state index in [9.17, 15) is 5.11 Å². The first-order valence-electron chi connectivity index (χ1n) is 5.61. The van der Waals surface area contributed by atoms with E-state index in [1.165, 1.54) is 5.69 Å². The van der Waals surface area contributed by atoms with Gasteiger partial charge in [-0.3, -0.25) is 4.68 Å². The van der Waals surface area contributed by atoms with Gasteiger partial charge in [0.05, 0.1) is 11.8 Å². The summed E-state index contributed by atoms with van der Waals surface area (Å²) in [5.41, 5.74) is 1.20. The number of hydrogen-bond donors (Lipinski definition) is 2. The monoisotopic (exact) mass is 209 g/mol. The van der Waals surface area contributed by atoms with Gasteiger partial charge in [0, 0.05) is 19.8 Å². The average molecular weight is 209 g/mol. The summed E-state index contributed by atoms with van der Waals surface area (Å²) >= 11 is 0. The molecule has 2 rings (SSSR count). The number of aliphatic hydroxyl groups is 1. The van der Waals surface area contributed by atoms with E-state index in [2.05, 4.69) is 10.4 Å². The normalized spacial score (nSPS) is 26.0. The van der Waals surface area contributed by atoms with Crippen molar-refractivity contribution in [3.8, 4) is 0 Å². The zero-order chi connectivity index (χ0) is 10.7. The van der Waals surface area contributed by atoms with Crippen molar-refractivity contribution in [2.24, 2.45) is 13.0 Å². The van der Waals surface area contributed by atoms with Crippen LogP contribution in [0.15, 0.2) is 12.3 Å². The Morgan fingerprint density at radius 2 is 2.47 bits per heavy atom. The molecule has 0 aliphatic heterocycles. The van der Waals surface area contributed by atoms with Crippen LogP contribution in [0.1, 0.15) is 25.0 Å². The van der Waals surface area contributed by atoms with Crippen molar-refractivity contribution in [3.05, 3.63) is 18.0 Å². The third-order valence-corrected chi connectivity index (χ3v) is 3.18. The predicted molar refractivity (Wildman–Crippen MR) is 58.3 cm³/mol. The maximum absolute atomic E-state index is 9.39. The van der Waals surface area contributed by atoms with Crippen molar-refractivity contribution in [2.75, 3.05) is 6.54 Å². The Hall–Kier alpha value is -0.870. The van der Waals surface area contributed by atoms with Crippen molar-refractivity contribution in [2.45, 2.75) is 31.9 Å². The molecule has 0 saturated heterocycles. The molecule has 0 spiro atoms. The van der Waals surface area contributed by atoms with Crippen LogP contribution < -0.4 is 5.32 Å². The Labute approximate surface area is 90.3 Å². The maximum atomic E-state index is 9.39. The standard InChI is InChI=1S/C11H19N3O/c1-14-10(4-5-13-14)8-12-7-9-2-3-11(15)6-9/h4-5,9,11-12,15H,2-3,6-8H2,1H3. The Kier molecular flexibility index (Phi) is 3.38. The molecule has 1 heterocycles. The van der Waals surface area contributed by atoms with Crippen LogP contribution in [0.25, 0.3) is 0 Å². The average Bonchev–Trinajstić information content (AvgIpc) is 2.77. The van der Waals surface area contributed by atoms with Gasteiger partial charge in [0.1, 0.15) is 0 Å². The van der Waals surface area contributed by atoms with E-state index in [0.717, 1.165) is 32.4 Å². The van der Waals surface area contributed by atoms with Crippen molar-refractivity contribution in [3.63, 3.8) is 0 Å². The van der Waals surface area contributed by atoms with E-state index in [1.54, 1.807) is 0 Å². The molecule has 2 atom stereocenters. The molecule has 0 bridgehead atoms. The molecule has 0 radical (unpaired) electrons. The molecule has 1 fully saturated rings. The van der Waals surface area contributed by atoms with Crippen LogP contribution in [0.5, 0.6) is 0 Å². The first-order chi connectivity index (χ1) is 7.25. The van der Waals surface area contributed by atoms with Crippen molar-refractivity contribution in [1.29, 1.82) is 0 Å². The summed E-state index contributed by atoms with van der Waals surface area (Å²) in [7, 11) is 1.95. The predicted octanol–water partition coefficient (Wildman–Crippen LogP) is 0.671.